The predicted molar refractivity (Wildman–Crippen MR) is 161 cm³/mol. The molecule has 1 fully saturated rings. The molecule has 0 spiro atoms. The summed E-state index contributed by atoms with van der Waals surface area (Å²) in [6, 6.07) is 14.1. The molecule has 1 saturated heterocycles. The Balaban J connectivity index is 1.11. The monoisotopic (exact) mass is 575 g/mol. The first-order valence-corrected chi connectivity index (χ1v) is 13.8. The third kappa shape index (κ3) is 6.13. The Morgan fingerprint density at radius 2 is 1.91 bits per heavy atom. The summed E-state index contributed by atoms with van der Waals surface area (Å²) in [6.45, 7) is 5.18. The van der Waals surface area contributed by atoms with Gasteiger partial charge in [0, 0.05) is 56.4 Å². The zero-order chi connectivity index (χ0) is 29.8. The van der Waals surface area contributed by atoms with Gasteiger partial charge >= 0.3 is 0 Å². The first-order valence-electron chi connectivity index (χ1n) is 13.8. The van der Waals surface area contributed by atoms with Crippen LogP contribution in [-0.2, 0) is 0 Å². The standard InChI is InChI=1S/C30H29N11O2/c1-20-18-39(24-16-22(36-37-29(24)31)21-6-2-3-7-25(21)42)14-15-40(19-20)27-9-12-32-26(35-27)8-4-10-34-30(43)23-17-28-33-11-5-13-41(28)38-23/h2-3,5-7,9,11-13,16-17,20,42H,10,14-15,18-19H2,1H3,(H2,31,37)(H,34,43)/t20-/m1/s1. The molecule has 1 amide bonds. The lowest BCUT2D eigenvalue weighted by Crippen LogP contribution is -2.31. The molecular formula is C30H29N11O2. The van der Waals surface area contributed by atoms with E-state index in [0.29, 0.717) is 41.6 Å². The second-order valence-electron chi connectivity index (χ2n) is 10.2. The Bertz CT molecular complexity index is 1810. The van der Waals surface area contributed by atoms with E-state index < -0.39 is 0 Å². The molecule has 13 nitrogen and oxygen atoms in total. The maximum Gasteiger partial charge on any atom is 0.272 e. The zero-order valence-corrected chi connectivity index (χ0v) is 23.4. The van der Waals surface area contributed by atoms with Gasteiger partial charge in [-0.3, -0.25) is 4.79 Å². The van der Waals surface area contributed by atoms with Gasteiger partial charge in [-0.1, -0.05) is 25.0 Å². The Labute approximate surface area is 247 Å². The van der Waals surface area contributed by atoms with Gasteiger partial charge in [0.15, 0.2) is 17.2 Å². The SMILES string of the molecule is C[C@H]1CN(c2ccnc(C#CCNC(=O)c3cc4ncccn4n3)n2)CCN(c2cc(-c3ccccc3O)nnc2N)C1. The molecule has 43 heavy (non-hydrogen) atoms. The average molecular weight is 576 g/mol. The zero-order valence-electron chi connectivity index (χ0n) is 23.4. The fraction of sp³-hybridized carbons (Fsp3) is 0.233. The van der Waals surface area contributed by atoms with E-state index in [4.69, 9.17) is 5.73 Å². The third-order valence-corrected chi connectivity index (χ3v) is 7.00. The van der Waals surface area contributed by atoms with E-state index in [1.807, 2.05) is 18.2 Å². The van der Waals surface area contributed by atoms with Gasteiger partial charge in [-0.15, -0.1) is 10.2 Å². The summed E-state index contributed by atoms with van der Waals surface area (Å²) in [5.74, 6) is 7.40. The number of phenolic OH excluding ortho intramolecular Hbond substituents is 1. The van der Waals surface area contributed by atoms with Crippen molar-refractivity contribution in [3.05, 3.63) is 78.6 Å². The highest BCUT2D eigenvalue weighted by Crippen LogP contribution is 2.32. The Kier molecular flexibility index (Phi) is 7.64. The Morgan fingerprint density at radius 1 is 1.07 bits per heavy atom. The first kappa shape index (κ1) is 27.4. The fourth-order valence-electron chi connectivity index (χ4n) is 4.99. The molecule has 1 aromatic carbocycles. The summed E-state index contributed by atoms with van der Waals surface area (Å²) in [5.41, 5.74) is 9.05. The van der Waals surface area contributed by atoms with Crippen LogP contribution in [0.5, 0.6) is 5.75 Å². The van der Waals surface area contributed by atoms with Gasteiger partial charge in [0.05, 0.1) is 17.9 Å². The lowest BCUT2D eigenvalue weighted by atomic mass is 10.1. The van der Waals surface area contributed by atoms with Crippen LogP contribution in [0, 0.1) is 17.8 Å². The van der Waals surface area contributed by atoms with E-state index in [-0.39, 0.29) is 29.8 Å². The quantitative estimate of drug-likeness (QED) is 0.263. The van der Waals surface area contributed by atoms with Crippen molar-refractivity contribution in [1.82, 2.24) is 40.1 Å². The van der Waals surface area contributed by atoms with Crippen LogP contribution in [0.3, 0.4) is 0 Å². The van der Waals surface area contributed by atoms with Crippen LogP contribution in [0.1, 0.15) is 23.2 Å². The number of rotatable bonds is 5. The topological polar surface area (TPSA) is 164 Å². The number of anilines is 3. The number of fused-ring (bicyclic) bond motifs is 1. The molecule has 0 radical (unpaired) electrons. The lowest BCUT2D eigenvalue weighted by Gasteiger charge is -2.25. The number of carbonyl (C=O) groups is 1. The number of aromatic hydroxyl groups is 1. The van der Waals surface area contributed by atoms with Crippen molar-refractivity contribution in [3.8, 4) is 28.8 Å². The summed E-state index contributed by atoms with van der Waals surface area (Å²) in [4.78, 5) is 30.0. The van der Waals surface area contributed by atoms with Crippen molar-refractivity contribution in [2.45, 2.75) is 6.92 Å². The van der Waals surface area contributed by atoms with E-state index >= 15 is 0 Å². The van der Waals surface area contributed by atoms with Crippen molar-refractivity contribution in [2.75, 3.05) is 48.3 Å². The molecule has 6 rings (SSSR count). The molecule has 4 N–H and O–H groups in total. The molecule has 216 valence electrons. The highest BCUT2D eigenvalue weighted by atomic mass is 16.3. The van der Waals surface area contributed by atoms with E-state index in [2.05, 4.69) is 64.1 Å². The van der Waals surface area contributed by atoms with Gasteiger partial charge in [-0.05, 0) is 42.2 Å². The number of nitrogens with zero attached hydrogens (tertiary/aromatic N) is 9. The molecule has 1 aliphatic heterocycles. The number of hydrogen-bond acceptors (Lipinski definition) is 11. The highest BCUT2D eigenvalue weighted by molar-refractivity contribution is 5.93. The van der Waals surface area contributed by atoms with Crippen molar-refractivity contribution in [2.24, 2.45) is 5.92 Å². The molecule has 0 bridgehead atoms. The number of nitrogens with one attached hydrogen (secondary N) is 1. The number of amides is 1. The van der Waals surface area contributed by atoms with Gasteiger partial charge in [0.2, 0.25) is 5.82 Å². The maximum atomic E-state index is 12.5. The van der Waals surface area contributed by atoms with Crippen LogP contribution < -0.4 is 20.9 Å². The number of phenols is 1. The molecule has 5 aromatic rings. The fourth-order valence-corrected chi connectivity index (χ4v) is 4.99. The van der Waals surface area contributed by atoms with Crippen LogP contribution in [0.2, 0.25) is 0 Å². The summed E-state index contributed by atoms with van der Waals surface area (Å²) < 4.78 is 1.54. The van der Waals surface area contributed by atoms with E-state index in [1.54, 1.807) is 53.4 Å². The molecule has 0 saturated carbocycles. The molecule has 4 aromatic heterocycles. The van der Waals surface area contributed by atoms with Crippen molar-refractivity contribution >= 4 is 28.9 Å². The Morgan fingerprint density at radius 3 is 2.77 bits per heavy atom. The van der Waals surface area contributed by atoms with E-state index in [9.17, 15) is 9.90 Å². The summed E-state index contributed by atoms with van der Waals surface area (Å²) >= 11 is 0. The smallest absolute Gasteiger partial charge is 0.272 e. The molecule has 13 heteroatoms. The van der Waals surface area contributed by atoms with Gasteiger partial charge < -0.3 is 26.0 Å². The number of nitrogen functional groups attached to an aromatic ring is 1. The van der Waals surface area contributed by atoms with Gasteiger partial charge in [-0.25, -0.2) is 19.5 Å². The van der Waals surface area contributed by atoms with Gasteiger partial charge in [-0.2, -0.15) is 5.10 Å². The van der Waals surface area contributed by atoms with Crippen LogP contribution >= 0.6 is 0 Å². The normalized spacial score (nSPS) is 15.0. The second-order valence-corrected chi connectivity index (χ2v) is 10.2. The van der Waals surface area contributed by atoms with Crippen molar-refractivity contribution in [3.63, 3.8) is 0 Å². The summed E-state index contributed by atoms with van der Waals surface area (Å²) in [7, 11) is 0. The molecule has 5 heterocycles. The average Bonchev–Trinajstić information content (AvgIpc) is 3.36. The van der Waals surface area contributed by atoms with Crippen molar-refractivity contribution < 1.29 is 9.90 Å². The number of hydrogen-bond donors (Lipinski definition) is 3. The molecule has 0 unspecified atom stereocenters. The first-order chi connectivity index (χ1) is 20.9. The van der Waals surface area contributed by atoms with Crippen LogP contribution in [0.4, 0.5) is 17.3 Å². The Hall–Kier alpha value is -5.77. The molecule has 1 atom stereocenters. The summed E-state index contributed by atoms with van der Waals surface area (Å²) in [5, 5.41) is 25.7. The number of aromatic nitrogens is 7. The minimum atomic E-state index is -0.338. The van der Waals surface area contributed by atoms with E-state index in [1.165, 1.54) is 0 Å². The van der Waals surface area contributed by atoms with Crippen LogP contribution in [0.15, 0.2) is 67.1 Å². The molecule has 0 aliphatic carbocycles. The van der Waals surface area contributed by atoms with E-state index in [0.717, 1.165) is 24.6 Å². The summed E-state index contributed by atoms with van der Waals surface area (Å²) in [6.07, 6.45) is 5.06. The minimum Gasteiger partial charge on any atom is -0.507 e. The van der Waals surface area contributed by atoms with Crippen LogP contribution in [0.25, 0.3) is 16.9 Å². The number of carbonyl (C=O) groups excluding carboxylic acids is 1. The molecular weight excluding hydrogens is 546 g/mol. The predicted octanol–water partition coefficient (Wildman–Crippen LogP) is 2.01. The van der Waals surface area contributed by atoms with Crippen molar-refractivity contribution in [1.29, 1.82) is 0 Å². The lowest BCUT2D eigenvalue weighted by molar-refractivity contribution is 0.0953. The number of para-hydroxylation sites is 1. The number of benzene rings is 1. The van der Waals surface area contributed by atoms with Crippen LogP contribution in [-0.4, -0.2) is 78.5 Å². The van der Waals surface area contributed by atoms with Gasteiger partial charge in [0.1, 0.15) is 11.6 Å². The third-order valence-electron chi connectivity index (χ3n) is 7.00. The molecule has 1 aliphatic rings. The minimum absolute atomic E-state index is 0.119. The van der Waals surface area contributed by atoms with Gasteiger partial charge in [0.25, 0.3) is 5.91 Å². The highest BCUT2D eigenvalue weighted by Gasteiger charge is 2.24. The number of nitrogens with two attached hydrogens (primary N) is 1. The largest absolute Gasteiger partial charge is 0.507 e. The second kappa shape index (κ2) is 12.0. The maximum absolute atomic E-state index is 12.5.